The number of nitrogens with two attached hydrogens (primary N) is 1. The van der Waals surface area contributed by atoms with Gasteiger partial charge in [0.15, 0.2) is 28.8 Å². The second-order valence-corrected chi connectivity index (χ2v) is 8.09. The number of rotatable bonds is 6. The minimum atomic E-state index is -0.620. The second kappa shape index (κ2) is 11.5. The number of aryl methyl sites for hydroxylation is 1. The topological polar surface area (TPSA) is 105 Å². The zero-order valence-electron chi connectivity index (χ0n) is 21.0. The Balaban J connectivity index is 0.000000178. The van der Waals surface area contributed by atoms with Gasteiger partial charge in [0.2, 0.25) is 5.88 Å². The van der Waals surface area contributed by atoms with E-state index in [4.69, 9.17) is 15.2 Å². The van der Waals surface area contributed by atoms with Crippen molar-refractivity contribution in [1.82, 2.24) is 19.6 Å². The number of pyridine rings is 1. The van der Waals surface area contributed by atoms with E-state index in [0.717, 1.165) is 17.7 Å². The first-order valence-electron chi connectivity index (χ1n) is 11.7. The predicted octanol–water partition coefficient (Wildman–Crippen LogP) is 5.53. The molecular formula is C28H25F2N5O3. The van der Waals surface area contributed by atoms with Gasteiger partial charge in [0.05, 0.1) is 19.0 Å². The van der Waals surface area contributed by atoms with E-state index in [1.807, 2.05) is 13.8 Å². The quantitative estimate of drug-likeness (QED) is 0.318. The fourth-order valence-electron chi connectivity index (χ4n) is 3.76. The molecule has 0 saturated heterocycles. The number of methoxy groups -OCH3 is 1. The number of carbonyl (C=O) groups excluding carboxylic acids is 1. The Labute approximate surface area is 217 Å². The molecule has 194 valence electrons. The summed E-state index contributed by atoms with van der Waals surface area (Å²) in [5.74, 6) is -0.643. The predicted molar refractivity (Wildman–Crippen MR) is 138 cm³/mol. The van der Waals surface area contributed by atoms with Gasteiger partial charge in [-0.15, -0.1) is 0 Å². The second-order valence-electron chi connectivity index (χ2n) is 8.09. The molecule has 0 radical (unpaired) electrons. The molecule has 0 aliphatic carbocycles. The third-order valence-electron chi connectivity index (χ3n) is 5.64. The van der Waals surface area contributed by atoms with Crippen LogP contribution in [0.3, 0.4) is 0 Å². The number of primary amides is 1. The first-order chi connectivity index (χ1) is 18.3. The van der Waals surface area contributed by atoms with Crippen molar-refractivity contribution < 1.29 is 23.0 Å². The van der Waals surface area contributed by atoms with Crippen LogP contribution in [-0.4, -0.2) is 32.6 Å². The van der Waals surface area contributed by atoms with Crippen LogP contribution in [0.2, 0.25) is 0 Å². The lowest BCUT2D eigenvalue weighted by atomic mass is 10.1. The molecule has 0 saturated carbocycles. The Bertz CT molecular complexity index is 1600. The molecule has 2 N–H and O–H groups in total. The molecule has 3 aromatic heterocycles. The number of aromatic nitrogens is 4. The smallest absolute Gasteiger partial charge is 0.267 e. The number of carbonyl (C=O) groups is 1. The van der Waals surface area contributed by atoms with Crippen LogP contribution in [0, 0.1) is 18.6 Å². The normalized spacial score (nSPS) is 10.6. The number of fused-ring (bicyclic) bond motifs is 1. The highest BCUT2D eigenvalue weighted by Crippen LogP contribution is 2.29. The van der Waals surface area contributed by atoms with E-state index in [2.05, 4.69) is 15.1 Å². The van der Waals surface area contributed by atoms with E-state index < -0.39 is 17.5 Å². The number of amides is 1. The lowest BCUT2D eigenvalue weighted by Gasteiger charge is -2.13. The third-order valence-corrected chi connectivity index (χ3v) is 5.64. The van der Waals surface area contributed by atoms with Crippen LogP contribution in [0.25, 0.3) is 16.9 Å². The van der Waals surface area contributed by atoms with E-state index in [0.29, 0.717) is 22.8 Å². The van der Waals surface area contributed by atoms with Crippen LogP contribution in [0.1, 0.15) is 28.7 Å². The fraction of sp³-hybridized carbons (Fsp3) is 0.143. The van der Waals surface area contributed by atoms with Crippen LogP contribution >= 0.6 is 0 Å². The van der Waals surface area contributed by atoms with E-state index in [-0.39, 0.29) is 17.2 Å². The molecule has 5 rings (SSSR count). The number of ether oxygens (including phenoxy) is 2. The average molecular weight is 518 g/mol. The molecule has 0 aliphatic rings. The molecule has 10 heteroatoms. The number of halogens is 2. The van der Waals surface area contributed by atoms with Crippen LogP contribution in [0.5, 0.6) is 17.4 Å². The van der Waals surface area contributed by atoms with Crippen LogP contribution in [0.15, 0.2) is 72.9 Å². The highest BCUT2D eigenvalue weighted by molar-refractivity contribution is 5.91. The molecule has 0 unspecified atom stereocenters. The molecule has 8 nitrogen and oxygen atoms in total. The zero-order valence-corrected chi connectivity index (χ0v) is 21.0. The molecule has 3 heterocycles. The average Bonchev–Trinajstić information content (AvgIpc) is 3.38. The van der Waals surface area contributed by atoms with Gasteiger partial charge in [0.25, 0.3) is 5.91 Å². The van der Waals surface area contributed by atoms with Gasteiger partial charge in [-0.3, -0.25) is 4.79 Å². The van der Waals surface area contributed by atoms with Crippen LogP contribution < -0.4 is 15.2 Å². The van der Waals surface area contributed by atoms with E-state index in [1.54, 1.807) is 53.2 Å². The highest BCUT2D eigenvalue weighted by atomic mass is 19.1. The van der Waals surface area contributed by atoms with Crippen molar-refractivity contribution in [2.75, 3.05) is 7.11 Å². The largest absolute Gasteiger partial charge is 0.494 e. The lowest BCUT2D eigenvalue weighted by Crippen LogP contribution is -2.13. The highest BCUT2D eigenvalue weighted by Gasteiger charge is 2.16. The maximum atomic E-state index is 13.8. The zero-order chi connectivity index (χ0) is 27.2. The molecule has 38 heavy (non-hydrogen) atoms. The summed E-state index contributed by atoms with van der Waals surface area (Å²) in [6.07, 6.45) is 2.38. The van der Waals surface area contributed by atoms with Crippen molar-refractivity contribution in [2.24, 2.45) is 5.73 Å². The Morgan fingerprint density at radius 1 is 0.974 bits per heavy atom. The van der Waals surface area contributed by atoms with E-state index in [1.165, 1.54) is 31.4 Å². The number of nitrogens with zero attached hydrogens (tertiary/aromatic N) is 4. The summed E-state index contributed by atoms with van der Waals surface area (Å²) >= 11 is 0. The van der Waals surface area contributed by atoms with Gasteiger partial charge in [0, 0.05) is 22.9 Å². The first-order valence-corrected chi connectivity index (χ1v) is 11.7. The number of benzene rings is 2. The number of para-hydroxylation sites is 1. The van der Waals surface area contributed by atoms with Gasteiger partial charge in [0.1, 0.15) is 5.69 Å². The molecule has 1 amide bonds. The van der Waals surface area contributed by atoms with Crippen molar-refractivity contribution in [3.63, 3.8) is 0 Å². The van der Waals surface area contributed by atoms with Gasteiger partial charge < -0.3 is 15.2 Å². The Morgan fingerprint density at radius 3 is 2.45 bits per heavy atom. The van der Waals surface area contributed by atoms with E-state index in [9.17, 15) is 13.6 Å². The summed E-state index contributed by atoms with van der Waals surface area (Å²) in [5.41, 5.74) is 8.79. The van der Waals surface area contributed by atoms with Crippen molar-refractivity contribution in [2.45, 2.75) is 20.3 Å². The summed E-state index contributed by atoms with van der Waals surface area (Å²) in [5, 5.41) is 4.20. The minimum Gasteiger partial charge on any atom is -0.494 e. The van der Waals surface area contributed by atoms with Crippen molar-refractivity contribution in [1.29, 1.82) is 0 Å². The molecule has 0 atom stereocenters. The summed E-state index contributed by atoms with van der Waals surface area (Å²) < 4.78 is 39.5. The van der Waals surface area contributed by atoms with Crippen molar-refractivity contribution in [3.8, 4) is 28.6 Å². The molecule has 0 aliphatic heterocycles. The molecule has 0 fully saturated rings. The molecule has 0 spiro atoms. The first kappa shape index (κ1) is 26.2. The standard InChI is InChI=1S/C15H14FN3O.C13H11FN2O2/c1-3-11-10(2)18-14-8-9-17-19(14)15(11)20-13-7-5-4-6-12(13)16;1-18-12-6-5-8(7-9(12)14)10-3-2-4-11(16-10)13(15)17/h4-9H,3H2,1-2H3;2-7H,1H3,(H2,15,17). The summed E-state index contributed by atoms with van der Waals surface area (Å²) in [6, 6.07) is 17.4. The number of hydrogen-bond acceptors (Lipinski definition) is 6. The maximum Gasteiger partial charge on any atom is 0.267 e. The van der Waals surface area contributed by atoms with Crippen LogP contribution in [0.4, 0.5) is 8.78 Å². The van der Waals surface area contributed by atoms with Crippen LogP contribution in [-0.2, 0) is 6.42 Å². The Kier molecular flexibility index (Phi) is 7.91. The minimum absolute atomic E-state index is 0.142. The summed E-state index contributed by atoms with van der Waals surface area (Å²) in [6.45, 7) is 3.92. The monoisotopic (exact) mass is 517 g/mol. The maximum absolute atomic E-state index is 13.8. The molecular weight excluding hydrogens is 492 g/mol. The fourth-order valence-corrected chi connectivity index (χ4v) is 3.76. The van der Waals surface area contributed by atoms with Gasteiger partial charge >= 0.3 is 0 Å². The number of hydrogen-bond donors (Lipinski definition) is 1. The Hall–Kier alpha value is -4.86. The van der Waals surface area contributed by atoms with Crippen molar-refractivity contribution in [3.05, 3.63) is 102 Å². The SMILES string of the molecule is CCc1c(C)nc2ccnn2c1Oc1ccccc1F.COc1ccc(-c2cccc(C(N)=O)n2)cc1F. The van der Waals surface area contributed by atoms with Gasteiger partial charge in [-0.25, -0.2) is 18.7 Å². The molecule has 5 aromatic rings. The van der Waals surface area contributed by atoms with Gasteiger partial charge in [-0.2, -0.15) is 9.61 Å². The lowest BCUT2D eigenvalue weighted by molar-refractivity contribution is 0.0995. The van der Waals surface area contributed by atoms with Gasteiger partial charge in [-0.05, 0) is 55.8 Å². The van der Waals surface area contributed by atoms with E-state index >= 15 is 0 Å². The third kappa shape index (κ3) is 5.59. The molecule has 2 aromatic carbocycles. The van der Waals surface area contributed by atoms with Crippen molar-refractivity contribution >= 4 is 11.6 Å². The van der Waals surface area contributed by atoms with Gasteiger partial charge in [-0.1, -0.05) is 25.1 Å². The summed E-state index contributed by atoms with van der Waals surface area (Å²) in [7, 11) is 1.39. The molecule has 0 bridgehead atoms. The Morgan fingerprint density at radius 2 is 1.76 bits per heavy atom. The summed E-state index contributed by atoms with van der Waals surface area (Å²) in [4.78, 5) is 19.5.